The zero-order valence-electron chi connectivity index (χ0n) is 17.0. The molecule has 8 heteroatoms. The predicted octanol–water partition coefficient (Wildman–Crippen LogP) is 4.25. The molecule has 3 aromatic rings. The van der Waals surface area contributed by atoms with Crippen molar-refractivity contribution in [3.63, 3.8) is 0 Å². The van der Waals surface area contributed by atoms with Crippen LogP contribution >= 0.6 is 11.8 Å². The largest absolute Gasteiger partial charge is 0.495 e. The Hall–Kier alpha value is -3.39. The number of hydrogen-bond donors (Lipinski definition) is 2. The van der Waals surface area contributed by atoms with Crippen LogP contribution in [0.4, 0.5) is 10.5 Å². The van der Waals surface area contributed by atoms with Gasteiger partial charge in [-0.3, -0.25) is 9.69 Å². The summed E-state index contributed by atoms with van der Waals surface area (Å²) in [6, 6.07) is 19.5. The Balaban J connectivity index is 1.57. The minimum atomic E-state index is -0.625. The molecule has 0 spiro atoms. The van der Waals surface area contributed by atoms with Gasteiger partial charge >= 0.3 is 6.03 Å². The standard InChI is InChI=1S/C23H23N3O4S/c1-29-20-12-6-5-11-18(20)25-23(28)26-19(21(27)24-14-17-10-7-13-30-17)15-31-22(26)16-8-3-2-4-9-16/h2-13,19,22H,14-15H2,1H3,(H,24,27)(H,25,28)/t19-,22-/m0/s1. The fourth-order valence-electron chi connectivity index (χ4n) is 3.46. The van der Waals surface area contributed by atoms with Crippen molar-refractivity contribution in [2.75, 3.05) is 18.2 Å². The molecule has 7 nitrogen and oxygen atoms in total. The van der Waals surface area contributed by atoms with Crippen LogP contribution in [-0.4, -0.2) is 35.7 Å². The fraction of sp³-hybridized carbons (Fsp3) is 0.217. The minimum Gasteiger partial charge on any atom is -0.495 e. The Labute approximate surface area is 184 Å². The molecule has 0 unspecified atom stereocenters. The number of hydrogen-bond acceptors (Lipinski definition) is 5. The van der Waals surface area contributed by atoms with Gasteiger partial charge in [0.25, 0.3) is 0 Å². The minimum absolute atomic E-state index is 0.225. The number of methoxy groups -OCH3 is 1. The summed E-state index contributed by atoms with van der Waals surface area (Å²) in [7, 11) is 1.55. The second kappa shape index (κ2) is 9.61. The van der Waals surface area contributed by atoms with Crippen LogP contribution in [0.1, 0.15) is 16.7 Å². The lowest BCUT2D eigenvalue weighted by atomic mass is 10.1. The first-order valence-electron chi connectivity index (χ1n) is 9.86. The van der Waals surface area contributed by atoms with E-state index in [1.165, 1.54) is 0 Å². The summed E-state index contributed by atoms with van der Waals surface area (Å²) in [5.41, 5.74) is 1.51. The third-order valence-corrected chi connectivity index (χ3v) is 6.31. The maximum absolute atomic E-state index is 13.4. The van der Waals surface area contributed by atoms with Gasteiger partial charge in [0.15, 0.2) is 0 Å². The molecule has 31 heavy (non-hydrogen) atoms. The van der Waals surface area contributed by atoms with E-state index in [9.17, 15) is 9.59 Å². The number of benzene rings is 2. The lowest BCUT2D eigenvalue weighted by Gasteiger charge is -2.29. The Morgan fingerprint density at radius 1 is 1.10 bits per heavy atom. The van der Waals surface area contributed by atoms with Crippen molar-refractivity contribution in [3.8, 4) is 5.75 Å². The van der Waals surface area contributed by atoms with Gasteiger partial charge in [0, 0.05) is 5.75 Å². The topological polar surface area (TPSA) is 83.8 Å². The van der Waals surface area contributed by atoms with Crippen LogP contribution in [0, 0.1) is 0 Å². The van der Waals surface area contributed by atoms with Gasteiger partial charge in [0.2, 0.25) is 5.91 Å². The molecular weight excluding hydrogens is 414 g/mol. The molecule has 2 N–H and O–H groups in total. The second-order valence-electron chi connectivity index (χ2n) is 6.95. The van der Waals surface area contributed by atoms with Crippen molar-refractivity contribution in [1.82, 2.24) is 10.2 Å². The van der Waals surface area contributed by atoms with Crippen LogP contribution in [0.2, 0.25) is 0 Å². The Morgan fingerprint density at radius 3 is 2.61 bits per heavy atom. The van der Waals surface area contributed by atoms with E-state index in [1.54, 1.807) is 54.3 Å². The highest BCUT2D eigenvalue weighted by Gasteiger charge is 2.42. The molecule has 2 atom stereocenters. The number of furan rings is 1. The summed E-state index contributed by atoms with van der Waals surface area (Å²) in [5.74, 6) is 1.47. The number of thioether (sulfide) groups is 1. The highest BCUT2D eigenvalue weighted by molar-refractivity contribution is 7.99. The molecule has 1 saturated heterocycles. The van der Waals surface area contributed by atoms with Gasteiger partial charge in [-0.05, 0) is 29.8 Å². The lowest BCUT2D eigenvalue weighted by Crippen LogP contribution is -2.49. The number of nitrogens with zero attached hydrogens (tertiary/aromatic N) is 1. The SMILES string of the molecule is COc1ccccc1NC(=O)N1[C@H](C(=O)NCc2ccco2)CS[C@H]1c1ccccc1. The van der Waals surface area contributed by atoms with Crippen molar-refractivity contribution in [2.45, 2.75) is 18.0 Å². The summed E-state index contributed by atoms with van der Waals surface area (Å²) < 4.78 is 10.6. The number of ether oxygens (including phenoxy) is 1. The van der Waals surface area contributed by atoms with E-state index >= 15 is 0 Å². The monoisotopic (exact) mass is 437 g/mol. The number of amides is 3. The van der Waals surface area contributed by atoms with Crippen molar-refractivity contribution in [3.05, 3.63) is 84.3 Å². The molecular formula is C23H23N3O4S. The molecule has 4 rings (SSSR count). The van der Waals surface area contributed by atoms with Gasteiger partial charge in [0.1, 0.15) is 22.9 Å². The molecule has 1 aliphatic rings. The molecule has 0 aliphatic carbocycles. The van der Waals surface area contributed by atoms with Crippen molar-refractivity contribution in [2.24, 2.45) is 0 Å². The first-order chi connectivity index (χ1) is 15.2. The van der Waals surface area contributed by atoms with E-state index in [0.717, 1.165) is 5.56 Å². The van der Waals surface area contributed by atoms with Crippen LogP contribution in [0.15, 0.2) is 77.4 Å². The molecule has 1 aromatic heterocycles. The number of anilines is 1. The first kappa shape index (κ1) is 20.9. The molecule has 0 radical (unpaired) electrons. The maximum Gasteiger partial charge on any atom is 0.323 e. The summed E-state index contributed by atoms with van der Waals surface area (Å²) in [4.78, 5) is 28.0. The number of carbonyl (C=O) groups excluding carboxylic acids is 2. The number of para-hydroxylation sites is 2. The second-order valence-corrected chi connectivity index (χ2v) is 8.06. The first-order valence-corrected chi connectivity index (χ1v) is 10.9. The molecule has 3 amide bonds. The van der Waals surface area contributed by atoms with Crippen molar-refractivity contribution in [1.29, 1.82) is 0 Å². The maximum atomic E-state index is 13.4. The summed E-state index contributed by atoms with van der Waals surface area (Å²) in [6.45, 7) is 0.269. The number of carbonyl (C=O) groups is 2. The predicted molar refractivity (Wildman–Crippen MR) is 120 cm³/mol. The van der Waals surface area contributed by atoms with Crippen LogP contribution < -0.4 is 15.4 Å². The molecule has 160 valence electrons. The number of urea groups is 1. The molecule has 2 aromatic carbocycles. The Bertz CT molecular complexity index is 1030. The van der Waals surface area contributed by atoms with E-state index in [0.29, 0.717) is 22.9 Å². The smallest absolute Gasteiger partial charge is 0.323 e. The van der Waals surface area contributed by atoms with E-state index in [4.69, 9.17) is 9.15 Å². The molecule has 0 bridgehead atoms. The van der Waals surface area contributed by atoms with Gasteiger partial charge in [-0.2, -0.15) is 0 Å². The zero-order chi connectivity index (χ0) is 21.6. The molecule has 1 aliphatic heterocycles. The Morgan fingerprint density at radius 2 is 1.87 bits per heavy atom. The van der Waals surface area contributed by atoms with Gasteiger partial charge in [-0.15, -0.1) is 11.8 Å². The highest BCUT2D eigenvalue weighted by atomic mass is 32.2. The molecule has 0 saturated carbocycles. The van der Waals surface area contributed by atoms with Crippen LogP contribution in [0.25, 0.3) is 0 Å². The number of rotatable bonds is 6. The highest BCUT2D eigenvalue weighted by Crippen LogP contribution is 2.42. The van der Waals surface area contributed by atoms with E-state index in [1.807, 2.05) is 42.5 Å². The zero-order valence-corrected chi connectivity index (χ0v) is 17.8. The average molecular weight is 438 g/mol. The average Bonchev–Trinajstić information content (AvgIpc) is 3.48. The molecule has 2 heterocycles. The van der Waals surface area contributed by atoms with Gasteiger partial charge in [-0.25, -0.2) is 4.79 Å². The number of nitrogens with one attached hydrogen (secondary N) is 2. The third kappa shape index (κ3) is 4.69. The lowest BCUT2D eigenvalue weighted by molar-refractivity contribution is -0.124. The van der Waals surface area contributed by atoms with Crippen molar-refractivity contribution >= 4 is 29.4 Å². The van der Waals surface area contributed by atoms with Gasteiger partial charge in [-0.1, -0.05) is 42.5 Å². The summed E-state index contributed by atoms with van der Waals surface area (Å²) in [5, 5.41) is 5.50. The molecule has 1 fully saturated rings. The summed E-state index contributed by atoms with van der Waals surface area (Å²) >= 11 is 1.56. The third-order valence-electron chi connectivity index (χ3n) is 4.99. The van der Waals surface area contributed by atoms with E-state index < -0.39 is 6.04 Å². The van der Waals surface area contributed by atoms with Crippen LogP contribution in [-0.2, 0) is 11.3 Å². The Kier molecular flexibility index (Phi) is 6.47. The van der Waals surface area contributed by atoms with E-state index in [-0.39, 0.29) is 23.9 Å². The normalized spacial score (nSPS) is 17.9. The van der Waals surface area contributed by atoms with Gasteiger partial charge < -0.3 is 19.8 Å². The van der Waals surface area contributed by atoms with Crippen LogP contribution in [0.3, 0.4) is 0 Å². The van der Waals surface area contributed by atoms with E-state index in [2.05, 4.69) is 10.6 Å². The van der Waals surface area contributed by atoms with Gasteiger partial charge in [0.05, 0.1) is 25.6 Å². The van der Waals surface area contributed by atoms with Crippen molar-refractivity contribution < 1.29 is 18.7 Å². The van der Waals surface area contributed by atoms with Crippen LogP contribution in [0.5, 0.6) is 5.75 Å². The fourth-order valence-corrected chi connectivity index (χ4v) is 4.89. The quantitative estimate of drug-likeness (QED) is 0.602. The summed E-state index contributed by atoms with van der Waals surface area (Å²) in [6.07, 6.45) is 1.56.